The van der Waals surface area contributed by atoms with Crippen LogP contribution < -0.4 is 11.1 Å². The smallest absolute Gasteiger partial charge is 0.230 e. The molecule has 0 spiro atoms. The Kier molecular flexibility index (Phi) is 5.75. The van der Waals surface area contributed by atoms with Gasteiger partial charge >= 0.3 is 0 Å². The third-order valence-corrected chi connectivity index (χ3v) is 3.85. The van der Waals surface area contributed by atoms with Gasteiger partial charge in [-0.3, -0.25) is 4.79 Å². The lowest BCUT2D eigenvalue weighted by Gasteiger charge is -2.29. The summed E-state index contributed by atoms with van der Waals surface area (Å²) in [4.78, 5) is 12.4. The first-order valence-corrected chi connectivity index (χ1v) is 7.33. The Balaban J connectivity index is 2.62. The van der Waals surface area contributed by atoms with Crippen molar-refractivity contribution < 1.29 is 4.79 Å². The molecule has 112 valence electrons. The van der Waals surface area contributed by atoms with Crippen LogP contribution in [0.5, 0.6) is 0 Å². The number of carbonyl (C=O) groups excluding carboxylic acids is 1. The highest BCUT2D eigenvalue weighted by molar-refractivity contribution is 5.87. The second-order valence-electron chi connectivity index (χ2n) is 6.73. The van der Waals surface area contributed by atoms with Gasteiger partial charge in [-0.2, -0.15) is 0 Å². The molecule has 1 amide bonds. The first kappa shape index (κ1) is 16.7. The Morgan fingerprint density at radius 1 is 1.15 bits per heavy atom. The summed E-state index contributed by atoms with van der Waals surface area (Å²) in [7, 11) is 0. The van der Waals surface area contributed by atoms with E-state index in [4.69, 9.17) is 5.73 Å². The van der Waals surface area contributed by atoms with Crippen LogP contribution in [0.3, 0.4) is 0 Å². The van der Waals surface area contributed by atoms with Crippen LogP contribution in [0.15, 0.2) is 30.3 Å². The molecule has 0 aliphatic rings. The first-order chi connectivity index (χ1) is 9.29. The Labute approximate surface area is 122 Å². The molecular formula is C17H28N2O. The van der Waals surface area contributed by atoms with E-state index < -0.39 is 5.41 Å². The molecule has 1 aromatic carbocycles. The molecular weight excluding hydrogens is 248 g/mol. The van der Waals surface area contributed by atoms with E-state index in [9.17, 15) is 4.79 Å². The fourth-order valence-electron chi connectivity index (χ4n) is 2.20. The summed E-state index contributed by atoms with van der Waals surface area (Å²) in [5.41, 5.74) is 6.17. The second-order valence-corrected chi connectivity index (χ2v) is 6.73. The standard InChI is InChI=1S/C17H28N2O/c1-16(2,11-8-12-18)13-19-15(20)17(3,4)14-9-6-5-7-10-14/h5-7,9-10H,8,11-13,18H2,1-4H3,(H,19,20). The van der Waals surface area contributed by atoms with Gasteiger partial charge in [0, 0.05) is 6.54 Å². The van der Waals surface area contributed by atoms with Crippen molar-refractivity contribution in [1.82, 2.24) is 5.32 Å². The normalized spacial score (nSPS) is 12.2. The Morgan fingerprint density at radius 2 is 1.75 bits per heavy atom. The lowest BCUT2D eigenvalue weighted by molar-refractivity contribution is -0.126. The van der Waals surface area contributed by atoms with E-state index >= 15 is 0 Å². The van der Waals surface area contributed by atoms with Gasteiger partial charge in [-0.25, -0.2) is 0 Å². The summed E-state index contributed by atoms with van der Waals surface area (Å²) in [5.74, 6) is 0.0736. The molecule has 3 heteroatoms. The van der Waals surface area contributed by atoms with Gasteiger partial charge in [0.15, 0.2) is 0 Å². The molecule has 0 aromatic heterocycles. The fraction of sp³-hybridized carbons (Fsp3) is 0.588. The number of hydrogen-bond acceptors (Lipinski definition) is 2. The number of carbonyl (C=O) groups is 1. The molecule has 0 saturated heterocycles. The molecule has 1 rings (SSSR count). The molecule has 3 N–H and O–H groups in total. The molecule has 0 saturated carbocycles. The van der Waals surface area contributed by atoms with Crippen molar-refractivity contribution in [2.24, 2.45) is 11.1 Å². The largest absolute Gasteiger partial charge is 0.355 e. The first-order valence-electron chi connectivity index (χ1n) is 7.33. The van der Waals surface area contributed by atoms with E-state index in [1.807, 2.05) is 44.2 Å². The van der Waals surface area contributed by atoms with Gasteiger partial charge in [0.2, 0.25) is 5.91 Å². The monoisotopic (exact) mass is 276 g/mol. The van der Waals surface area contributed by atoms with Crippen LogP contribution in [0.1, 0.15) is 46.1 Å². The van der Waals surface area contributed by atoms with E-state index in [1.54, 1.807) is 0 Å². The minimum absolute atomic E-state index is 0.0736. The number of rotatable bonds is 7. The lowest BCUT2D eigenvalue weighted by atomic mass is 9.82. The van der Waals surface area contributed by atoms with E-state index in [1.165, 1.54) is 0 Å². The van der Waals surface area contributed by atoms with Crippen molar-refractivity contribution in [2.75, 3.05) is 13.1 Å². The zero-order chi connectivity index (χ0) is 15.2. The number of nitrogens with one attached hydrogen (secondary N) is 1. The minimum Gasteiger partial charge on any atom is -0.355 e. The summed E-state index contributed by atoms with van der Waals surface area (Å²) < 4.78 is 0. The molecule has 0 aliphatic carbocycles. The van der Waals surface area contributed by atoms with Gasteiger partial charge in [-0.1, -0.05) is 44.2 Å². The van der Waals surface area contributed by atoms with Crippen LogP contribution in [0.4, 0.5) is 0 Å². The molecule has 1 aromatic rings. The molecule has 0 fully saturated rings. The van der Waals surface area contributed by atoms with Gasteiger partial charge in [-0.15, -0.1) is 0 Å². The summed E-state index contributed by atoms with van der Waals surface area (Å²) in [6.07, 6.45) is 2.01. The Hall–Kier alpha value is -1.35. The maximum absolute atomic E-state index is 12.4. The fourth-order valence-corrected chi connectivity index (χ4v) is 2.20. The van der Waals surface area contributed by atoms with Crippen LogP contribution in [0, 0.1) is 5.41 Å². The Bertz CT molecular complexity index is 424. The zero-order valence-electron chi connectivity index (χ0n) is 13.2. The van der Waals surface area contributed by atoms with Gasteiger partial charge in [0.25, 0.3) is 0 Å². The maximum Gasteiger partial charge on any atom is 0.230 e. The predicted octanol–water partition coefficient (Wildman–Crippen LogP) is 2.85. The third kappa shape index (κ3) is 4.64. The topological polar surface area (TPSA) is 55.1 Å². The SMILES string of the molecule is CC(C)(CCCN)CNC(=O)C(C)(C)c1ccccc1. The van der Waals surface area contributed by atoms with Crippen molar-refractivity contribution in [2.45, 2.75) is 46.0 Å². The number of hydrogen-bond donors (Lipinski definition) is 2. The van der Waals surface area contributed by atoms with Gasteiger partial charge in [0.05, 0.1) is 5.41 Å². The summed E-state index contributed by atoms with van der Waals surface area (Å²) >= 11 is 0. The third-order valence-electron chi connectivity index (χ3n) is 3.85. The van der Waals surface area contributed by atoms with Crippen molar-refractivity contribution in [3.63, 3.8) is 0 Å². The number of nitrogens with two attached hydrogens (primary N) is 1. The second kappa shape index (κ2) is 6.89. The Morgan fingerprint density at radius 3 is 2.30 bits per heavy atom. The van der Waals surface area contributed by atoms with Gasteiger partial charge in [-0.05, 0) is 44.2 Å². The lowest BCUT2D eigenvalue weighted by Crippen LogP contribution is -2.44. The van der Waals surface area contributed by atoms with E-state index in [0.717, 1.165) is 18.4 Å². The van der Waals surface area contributed by atoms with Crippen LogP contribution in [0.25, 0.3) is 0 Å². The average molecular weight is 276 g/mol. The van der Waals surface area contributed by atoms with Gasteiger partial charge in [0.1, 0.15) is 0 Å². The average Bonchev–Trinajstić information content (AvgIpc) is 2.43. The van der Waals surface area contributed by atoms with Gasteiger partial charge < -0.3 is 11.1 Å². The summed E-state index contributed by atoms with van der Waals surface area (Å²) in [5, 5.41) is 3.09. The molecule has 0 radical (unpaired) electrons. The van der Waals surface area contributed by atoms with E-state index in [2.05, 4.69) is 19.2 Å². The molecule has 0 atom stereocenters. The minimum atomic E-state index is -0.509. The van der Waals surface area contributed by atoms with Crippen molar-refractivity contribution in [3.8, 4) is 0 Å². The number of benzene rings is 1. The summed E-state index contributed by atoms with van der Waals surface area (Å²) in [6.45, 7) is 9.64. The molecule has 0 heterocycles. The van der Waals surface area contributed by atoms with Crippen molar-refractivity contribution in [1.29, 1.82) is 0 Å². The van der Waals surface area contributed by atoms with E-state index in [0.29, 0.717) is 13.1 Å². The van der Waals surface area contributed by atoms with E-state index in [-0.39, 0.29) is 11.3 Å². The van der Waals surface area contributed by atoms with Crippen LogP contribution in [0.2, 0.25) is 0 Å². The number of amides is 1. The molecule has 0 unspecified atom stereocenters. The predicted molar refractivity (Wildman–Crippen MR) is 84.5 cm³/mol. The van der Waals surface area contributed by atoms with Crippen molar-refractivity contribution >= 4 is 5.91 Å². The highest BCUT2D eigenvalue weighted by Gasteiger charge is 2.30. The molecule has 0 aliphatic heterocycles. The molecule has 0 bridgehead atoms. The highest BCUT2D eigenvalue weighted by atomic mass is 16.2. The summed E-state index contributed by atoms with van der Waals surface area (Å²) in [6, 6.07) is 9.90. The van der Waals surface area contributed by atoms with Crippen LogP contribution in [-0.4, -0.2) is 19.0 Å². The highest BCUT2D eigenvalue weighted by Crippen LogP contribution is 2.25. The van der Waals surface area contributed by atoms with Crippen molar-refractivity contribution in [3.05, 3.63) is 35.9 Å². The van der Waals surface area contributed by atoms with Crippen LogP contribution in [-0.2, 0) is 10.2 Å². The van der Waals surface area contributed by atoms with Crippen LogP contribution >= 0.6 is 0 Å². The molecule has 3 nitrogen and oxygen atoms in total. The molecule has 20 heavy (non-hydrogen) atoms. The zero-order valence-corrected chi connectivity index (χ0v) is 13.2. The maximum atomic E-state index is 12.4. The quantitative estimate of drug-likeness (QED) is 0.804.